The van der Waals surface area contributed by atoms with Crippen LogP contribution in [0.4, 0.5) is 0 Å². The Morgan fingerprint density at radius 2 is 2.45 bits per heavy atom. The molecule has 0 aliphatic rings. The maximum atomic E-state index is 9.96. The molecule has 0 amide bonds. The number of carbonyl (C=O) groups excluding carboxylic acids is 1. The molecule has 0 aliphatic heterocycles. The van der Waals surface area contributed by atoms with Gasteiger partial charge in [-0.1, -0.05) is 0 Å². The van der Waals surface area contributed by atoms with Gasteiger partial charge in [0.2, 0.25) is 0 Å². The molecule has 1 rings (SSSR count). The quantitative estimate of drug-likeness (QED) is 0.573. The number of unbranched alkanes of at least 4 members (excludes halogenated alkanes) is 1. The predicted octanol–water partition coefficient (Wildman–Crippen LogP) is 2.56. The lowest BCUT2D eigenvalue weighted by Gasteiger charge is -1.89. The summed E-state index contributed by atoms with van der Waals surface area (Å²) >= 11 is 3.28. The van der Waals surface area contributed by atoms with Crippen molar-refractivity contribution in [1.82, 2.24) is 0 Å². The van der Waals surface area contributed by atoms with Crippen LogP contribution in [0.5, 0.6) is 0 Å². The molecule has 3 heteroatoms. The topological polar surface area (TPSA) is 30.2 Å². The molecule has 0 saturated carbocycles. The second kappa shape index (κ2) is 4.34. The van der Waals surface area contributed by atoms with Gasteiger partial charge in [-0.15, -0.1) is 0 Å². The van der Waals surface area contributed by atoms with E-state index in [2.05, 4.69) is 15.9 Å². The summed E-state index contributed by atoms with van der Waals surface area (Å²) in [6.45, 7) is 0. The minimum atomic E-state index is 0.609. The van der Waals surface area contributed by atoms with Crippen LogP contribution in [0, 0.1) is 0 Å². The van der Waals surface area contributed by atoms with Crippen molar-refractivity contribution in [2.45, 2.75) is 19.3 Å². The van der Waals surface area contributed by atoms with Crippen molar-refractivity contribution in [3.8, 4) is 0 Å². The van der Waals surface area contributed by atoms with E-state index in [1.807, 2.05) is 6.07 Å². The van der Waals surface area contributed by atoms with Crippen molar-refractivity contribution in [3.63, 3.8) is 0 Å². The van der Waals surface area contributed by atoms with Gasteiger partial charge in [-0.3, -0.25) is 0 Å². The molecular weight excluding hydrogens is 208 g/mol. The summed E-state index contributed by atoms with van der Waals surface area (Å²) in [5.41, 5.74) is 0. The fourth-order valence-electron chi connectivity index (χ4n) is 0.845. The average molecular weight is 217 g/mol. The molecule has 0 atom stereocenters. The molecule has 0 fully saturated rings. The molecular formula is C8H9BrO2. The van der Waals surface area contributed by atoms with Crippen molar-refractivity contribution in [2.75, 3.05) is 0 Å². The van der Waals surface area contributed by atoms with Gasteiger partial charge in [0.15, 0.2) is 0 Å². The highest BCUT2D eigenvalue weighted by atomic mass is 79.9. The Morgan fingerprint density at radius 3 is 3.00 bits per heavy atom. The van der Waals surface area contributed by atoms with E-state index in [0.29, 0.717) is 6.42 Å². The summed E-state index contributed by atoms with van der Waals surface area (Å²) in [5, 5.41) is 0. The first-order valence-corrected chi connectivity index (χ1v) is 4.29. The summed E-state index contributed by atoms with van der Waals surface area (Å²) in [7, 11) is 0. The maximum Gasteiger partial charge on any atom is 0.120 e. The van der Waals surface area contributed by atoms with Crippen LogP contribution in [0.2, 0.25) is 0 Å². The van der Waals surface area contributed by atoms with Gasteiger partial charge >= 0.3 is 0 Å². The minimum Gasteiger partial charge on any atom is -0.468 e. The van der Waals surface area contributed by atoms with E-state index in [4.69, 9.17) is 4.42 Å². The zero-order chi connectivity index (χ0) is 8.10. The van der Waals surface area contributed by atoms with Crippen LogP contribution in [0.1, 0.15) is 18.6 Å². The molecule has 1 heterocycles. The Morgan fingerprint density at radius 1 is 1.64 bits per heavy atom. The van der Waals surface area contributed by atoms with Crippen molar-refractivity contribution >= 4 is 22.2 Å². The highest BCUT2D eigenvalue weighted by molar-refractivity contribution is 9.10. The van der Waals surface area contributed by atoms with Crippen LogP contribution in [-0.2, 0) is 11.2 Å². The summed E-state index contributed by atoms with van der Waals surface area (Å²) in [4.78, 5) is 9.96. The van der Waals surface area contributed by atoms with Crippen molar-refractivity contribution in [1.29, 1.82) is 0 Å². The minimum absolute atomic E-state index is 0.609. The fourth-order valence-corrected chi connectivity index (χ4v) is 1.19. The van der Waals surface area contributed by atoms with Crippen LogP contribution < -0.4 is 0 Å². The van der Waals surface area contributed by atoms with Gasteiger partial charge in [0.1, 0.15) is 18.3 Å². The molecule has 0 spiro atoms. The lowest BCUT2D eigenvalue weighted by Crippen LogP contribution is -1.82. The Balaban J connectivity index is 2.32. The Labute approximate surface area is 73.7 Å². The van der Waals surface area contributed by atoms with Crippen molar-refractivity contribution in [3.05, 3.63) is 22.6 Å². The molecule has 0 aromatic carbocycles. The highest BCUT2D eigenvalue weighted by Crippen LogP contribution is 2.15. The van der Waals surface area contributed by atoms with E-state index in [0.717, 1.165) is 29.4 Å². The van der Waals surface area contributed by atoms with E-state index in [-0.39, 0.29) is 0 Å². The molecule has 0 N–H and O–H groups in total. The summed E-state index contributed by atoms with van der Waals surface area (Å²) < 4.78 is 6.11. The van der Waals surface area contributed by atoms with Gasteiger partial charge < -0.3 is 9.21 Å². The number of aryl methyl sites for hydroxylation is 1. The van der Waals surface area contributed by atoms with E-state index in [1.165, 1.54) is 0 Å². The number of rotatable bonds is 4. The number of aldehydes is 1. The molecule has 0 bridgehead atoms. The fraction of sp³-hybridized carbons (Fsp3) is 0.375. The second-order valence-electron chi connectivity index (χ2n) is 2.29. The SMILES string of the molecule is O=CCCCc1cc(Br)co1. The van der Waals surface area contributed by atoms with E-state index < -0.39 is 0 Å². The summed E-state index contributed by atoms with van der Waals surface area (Å²) in [6, 6.07) is 1.92. The standard InChI is InChI=1S/C8H9BrO2/c9-7-5-8(11-6-7)3-1-2-4-10/h4-6H,1-3H2. The zero-order valence-corrected chi connectivity index (χ0v) is 7.63. The first-order valence-electron chi connectivity index (χ1n) is 3.49. The molecule has 60 valence electrons. The largest absolute Gasteiger partial charge is 0.468 e. The summed E-state index contributed by atoms with van der Waals surface area (Å²) in [5.74, 6) is 0.929. The molecule has 1 aromatic rings. The summed E-state index contributed by atoms with van der Waals surface area (Å²) in [6.07, 6.45) is 4.89. The van der Waals surface area contributed by atoms with Gasteiger partial charge in [0, 0.05) is 12.8 Å². The van der Waals surface area contributed by atoms with Gasteiger partial charge in [-0.25, -0.2) is 0 Å². The molecule has 1 aromatic heterocycles. The molecule has 0 radical (unpaired) electrons. The first-order chi connectivity index (χ1) is 5.33. The number of hydrogen-bond donors (Lipinski definition) is 0. The molecule has 0 unspecified atom stereocenters. The number of halogens is 1. The van der Waals surface area contributed by atoms with E-state index >= 15 is 0 Å². The van der Waals surface area contributed by atoms with Gasteiger partial charge in [-0.05, 0) is 28.4 Å². The Bertz CT molecular complexity index is 230. The molecule has 11 heavy (non-hydrogen) atoms. The van der Waals surface area contributed by atoms with Gasteiger partial charge in [-0.2, -0.15) is 0 Å². The van der Waals surface area contributed by atoms with Crippen LogP contribution >= 0.6 is 15.9 Å². The Kier molecular flexibility index (Phi) is 3.36. The van der Waals surface area contributed by atoms with Crippen LogP contribution in [0.25, 0.3) is 0 Å². The van der Waals surface area contributed by atoms with Crippen molar-refractivity contribution in [2.24, 2.45) is 0 Å². The highest BCUT2D eigenvalue weighted by Gasteiger charge is 1.97. The number of hydrogen-bond acceptors (Lipinski definition) is 2. The molecule has 0 aliphatic carbocycles. The smallest absolute Gasteiger partial charge is 0.120 e. The van der Waals surface area contributed by atoms with Gasteiger partial charge in [0.25, 0.3) is 0 Å². The Hall–Kier alpha value is -0.570. The average Bonchev–Trinajstić information content (AvgIpc) is 2.37. The normalized spacial score (nSPS) is 9.91. The third-order valence-corrected chi connectivity index (χ3v) is 1.78. The molecule has 2 nitrogen and oxygen atoms in total. The predicted molar refractivity (Wildman–Crippen MR) is 45.4 cm³/mol. The molecule has 0 saturated heterocycles. The number of furan rings is 1. The number of carbonyl (C=O) groups is 1. The second-order valence-corrected chi connectivity index (χ2v) is 3.21. The van der Waals surface area contributed by atoms with Crippen LogP contribution in [0.3, 0.4) is 0 Å². The third-order valence-electron chi connectivity index (χ3n) is 1.37. The van der Waals surface area contributed by atoms with Crippen molar-refractivity contribution < 1.29 is 9.21 Å². The monoisotopic (exact) mass is 216 g/mol. The van der Waals surface area contributed by atoms with Crippen LogP contribution in [-0.4, -0.2) is 6.29 Å². The van der Waals surface area contributed by atoms with Gasteiger partial charge in [0.05, 0.1) is 4.47 Å². The van der Waals surface area contributed by atoms with E-state index in [9.17, 15) is 4.79 Å². The van der Waals surface area contributed by atoms with E-state index in [1.54, 1.807) is 6.26 Å². The third kappa shape index (κ3) is 2.89. The van der Waals surface area contributed by atoms with Crippen LogP contribution in [0.15, 0.2) is 21.2 Å². The lowest BCUT2D eigenvalue weighted by atomic mass is 10.2. The maximum absolute atomic E-state index is 9.96. The first kappa shape index (κ1) is 8.53. The zero-order valence-electron chi connectivity index (χ0n) is 6.05. The lowest BCUT2D eigenvalue weighted by molar-refractivity contribution is -0.107.